The van der Waals surface area contributed by atoms with Crippen LogP contribution >= 0.6 is 0 Å². The van der Waals surface area contributed by atoms with Gasteiger partial charge in [-0.15, -0.1) is 0 Å². The highest BCUT2D eigenvalue weighted by Gasteiger charge is 2.32. The molecule has 1 heterocycles. The second-order valence-corrected chi connectivity index (χ2v) is 9.42. The first-order valence-electron chi connectivity index (χ1n) is 12.8. The van der Waals surface area contributed by atoms with Crippen molar-refractivity contribution in [1.29, 1.82) is 0 Å². The SMILES string of the molecule is C=CONCc1ccccc1CN(C(=O)Nc1cccc(C(F)(F)F)c1)C1CCN(C(C)CCC)CC1. The number of alkyl halides is 3. The minimum Gasteiger partial charge on any atom is -0.417 e. The zero-order valence-corrected chi connectivity index (χ0v) is 21.6. The van der Waals surface area contributed by atoms with Crippen molar-refractivity contribution >= 4 is 11.7 Å². The zero-order valence-electron chi connectivity index (χ0n) is 21.6. The lowest BCUT2D eigenvalue weighted by Crippen LogP contribution is -2.50. The fourth-order valence-corrected chi connectivity index (χ4v) is 4.82. The average molecular weight is 519 g/mol. The number of hydroxylamine groups is 1. The lowest BCUT2D eigenvalue weighted by atomic mass is 9.99. The fraction of sp³-hybridized carbons (Fsp3) is 0.464. The van der Waals surface area contributed by atoms with Crippen LogP contribution in [0.25, 0.3) is 0 Å². The van der Waals surface area contributed by atoms with Crippen LogP contribution < -0.4 is 10.8 Å². The lowest BCUT2D eigenvalue weighted by molar-refractivity contribution is -0.137. The first kappa shape index (κ1) is 28.5. The van der Waals surface area contributed by atoms with Crippen molar-refractivity contribution in [2.24, 2.45) is 0 Å². The van der Waals surface area contributed by atoms with Gasteiger partial charge in [0.15, 0.2) is 0 Å². The highest BCUT2D eigenvalue weighted by atomic mass is 19.4. The summed E-state index contributed by atoms with van der Waals surface area (Å²) in [6.07, 6.45) is 0.644. The van der Waals surface area contributed by atoms with Gasteiger partial charge < -0.3 is 20.0 Å². The number of nitrogens with one attached hydrogen (secondary N) is 2. The Hall–Kier alpha value is -3.04. The third kappa shape index (κ3) is 8.23. The molecule has 0 aromatic heterocycles. The Balaban J connectivity index is 1.81. The van der Waals surface area contributed by atoms with Gasteiger partial charge in [0, 0.05) is 37.4 Å². The number of nitrogens with zero attached hydrogens (tertiary/aromatic N) is 2. The molecule has 1 unspecified atom stereocenters. The smallest absolute Gasteiger partial charge is 0.416 e. The minimum atomic E-state index is -4.48. The second kappa shape index (κ2) is 13.5. The summed E-state index contributed by atoms with van der Waals surface area (Å²) >= 11 is 0. The number of carbonyl (C=O) groups is 1. The van der Waals surface area contributed by atoms with Gasteiger partial charge in [0.25, 0.3) is 0 Å². The molecule has 202 valence electrons. The van der Waals surface area contributed by atoms with Crippen LogP contribution in [0.1, 0.15) is 56.2 Å². The Morgan fingerprint density at radius 2 is 1.89 bits per heavy atom. The Morgan fingerprint density at radius 3 is 2.54 bits per heavy atom. The predicted octanol–water partition coefficient (Wildman–Crippen LogP) is 6.56. The molecule has 1 aliphatic heterocycles. The van der Waals surface area contributed by atoms with Crippen LogP contribution in [0.5, 0.6) is 0 Å². The second-order valence-electron chi connectivity index (χ2n) is 9.42. The summed E-state index contributed by atoms with van der Waals surface area (Å²) in [6, 6.07) is 12.5. The maximum absolute atomic E-state index is 13.5. The summed E-state index contributed by atoms with van der Waals surface area (Å²) < 4.78 is 39.7. The summed E-state index contributed by atoms with van der Waals surface area (Å²) in [4.78, 5) is 22.8. The van der Waals surface area contributed by atoms with Crippen LogP contribution in [0.4, 0.5) is 23.7 Å². The molecule has 37 heavy (non-hydrogen) atoms. The minimum absolute atomic E-state index is 0.0404. The highest BCUT2D eigenvalue weighted by Crippen LogP contribution is 2.31. The van der Waals surface area contributed by atoms with Gasteiger partial charge in [-0.25, -0.2) is 4.79 Å². The Bertz CT molecular complexity index is 1020. The van der Waals surface area contributed by atoms with E-state index in [9.17, 15) is 18.0 Å². The molecular formula is C28H37F3N4O2. The van der Waals surface area contributed by atoms with E-state index in [1.54, 1.807) is 4.90 Å². The number of hydrogen-bond acceptors (Lipinski definition) is 4. The molecule has 0 aliphatic carbocycles. The number of amides is 2. The van der Waals surface area contributed by atoms with Crippen molar-refractivity contribution in [3.05, 3.63) is 78.1 Å². The van der Waals surface area contributed by atoms with Crippen LogP contribution in [0.2, 0.25) is 0 Å². The van der Waals surface area contributed by atoms with Crippen LogP contribution in [-0.4, -0.2) is 41.0 Å². The zero-order chi connectivity index (χ0) is 26.8. The third-order valence-electron chi connectivity index (χ3n) is 6.86. The van der Waals surface area contributed by atoms with E-state index in [-0.39, 0.29) is 11.7 Å². The van der Waals surface area contributed by atoms with Gasteiger partial charge in [-0.3, -0.25) is 0 Å². The maximum atomic E-state index is 13.5. The van der Waals surface area contributed by atoms with Crippen molar-refractivity contribution < 1.29 is 22.8 Å². The van der Waals surface area contributed by atoms with Gasteiger partial charge in [0.2, 0.25) is 0 Å². The van der Waals surface area contributed by atoms with E-state index in [0.717, 1.165) is 62.0 Å². The van der Waals surface area contributed by atoms with E-state index >= 15 is 0 Å². The number of piperidine rings is 1. The number of hydrogen-bond donors (Lipinski definition) is 2. The molecule has 9 heteroatoms. The molecule has 1 fully saturated rings. The lowest BCUT2D eigenvalue weighted by Gasteiger charge is -2.41. The normalized spacial score (nSPS) is 15.7. The van der Waals surface area contributed by atoms with E-state index in [0.29, 0.717) is 19.1 Å². The van der Waals surface area contributed by atoms with Crippen molar-refractivity contribution in [3.63, 3.8) is 0 Å². The molecule has 1 saturated heterocycles. The molecular weight excluding hydrogens is 481 g/mol. The molecule has 1 atom stereocenters. The molecule has 0 radical (unpaired) electrons. The molecule has 2 aromatic carbocycles. The van der Waals surface area contributed by atoms with Crippen molar-refractivity contribution in [3.8, 4) is 0 Å². The van der Waals surface area contributed by atoms with Crippen molar-refractivity contribution in [2.75, 3.05) is 18.4 Å². The largest absolute Gasteiger partial charge is 0.417 e. The van der Waals surface area contributed by atoms with E-state index in [1.807, 2.05) is 24.3 Å². The van der Waals surface area contributed by atoms with Gasteiger partial charge >= 0.3 is 12.2 Å². The summed E-state index contributed by atoms with van der Waals surface area (Å²) in [6.45, 7) is 10.4. The molecule has 0 bridgehead atoms. The quantitative estimate of drug-likeness (QED) is 0.201. The number of rotatable bonds is 11. The van der Waals surface area contributed by atoms with Gasteiger partial charge in [-0.1, -0.05) is 50.3 Å². The van der Waals surface area contributed by atoms with E-state index < -0.39 is 17.8 Å². The van der Waals surface area contributed by atoms with Gasteiger partial charge in [0.1, 0.15) is 6.26 Å². The Kier molecular flexibility index (Phi) is 10.4. The maximum Gasteiger partial charge on any atom is 0.416 e. The number of benzene rings is 2. The first-order valence-corrected chi connectivity index (χ1v) is 12.8. The highest BCUT2D eigenvalue weighted by molar-refractivity contribution is 5.89. The third-order valence-corrected chi connectivity index (χ3v) is 6.86. The van der Waals surface area contributed by atoms with Crippen LogP contribution in [0.15, 0.2) is 61.4 Å². The molecule has 1 aliphatic rings. The Labute approximate surface area is 217 Å². The van der Waals surface area contributed by atoms with Gasteiger partial charge in [0.05, 0.1) is 12.1 Å². The summed E-state index contributed by atoms with van der Waals surface area (Å²) in [5, 5.41) is 2.72. The molecule has 6 nitrogen and oxygen atoms in total. The molecule has 0 saturated carbocycles. The summed E-state index contributed by atoms with van der Waals surface area (Å²) in [5.41, 5.74) is 4.02. The number of anilines is 1. The molecule has 3 rings (SSSR count). The van der Waals surface area contributed by atoms with E-state index in [4.69, 9.17) is 4.84 Å². The monoisotopic (exact) mass is 518 g/mol. The van der Waals surface area contributed by atoms with E-state index in [1.165, 1.54) is 18.4 Å². The fourth-order valence-electron chi connectivity index (χ4n) is 4.82. The number of likely N-dealkylation sites (tertiary alicyclic amines) is 1. The summed E-state index contributed by atoms with van der Waals surface area (Å²) in [5.74, 6) is 0. The van der Waals surface area contributed by atoms with Crippen molar-refractivity contribution in [2.45, 2.75) is 70.9 Å². The Morgan fingerprint density at radius 1 is 1.19 bits per heavy atom. The standard InChI is InChI=1S/C28H37F3N4O2/c1-4-9-21(3)34-16-14-26(15-17-34)35(20-23-11-7-6-10-22(23)19-32-37-5-2)27(36)33-25-13-8-12-24(18-25)28(29,30)31/h5-8,10-13,18,21,26,32H,2,4,9,14-17,19-20H2,1,3H3,(H,33,36). The average Bonchev–Trinajstić information content (AvgIpc) is 2.88. The van der Waals surface area contributed by atoms with Gasteiger partial charge in [-0.05, 0) is 55.5 Å². The number of halogens is 3. The van der Waals surface area contributed by atoms with Crippen LogP contribution in [-0.2, 0) is 24.1 Å². The molecule has 0 spiro atoms. The van der Waals surface area contributed by atoms with Crippen LogP contribution in [0, 0.1) is 0 Å². The van der Waals surface area contributed by atoms with Crippen molar-refractivity contribution in [1.82, 2.24) is 15.3 Å². The topological polar surface area (TPSA) is 56.8 Å². The first-order chi connectivity index (χ1) is 17.7. The summed E-state index contributed by atoms with van der Waals surface area (Å²) in [7, 11) is 0. The van der Waals surface area contributed by atoms with Gasteiger partial charge in [-0.2, -0.15) is 18.7 Å². The van der Waals surface area contributed by atoms with Crippen LogP contribution in [0.3, 0.4) is 0 Å². The van der Waals surface area contributed by atoms with E-state index in [2.05, 4.69) is 36.1 Å². The molecule has 2 N–H and O–H groups in total. The molecule has 2 amide bonds. The molecule has 2 aromatic rings. The predicted molar refractivity (Wildman–Crippen MR) is 140 cm³/mol. The number of urea groups is 1. The number of carbonyl (C=O) groups excluding carboxylic acids is 1.